The van der Waals surface area contributed by atoms with Gasteiger partial charge in [-0.3, -0.25) is 0 Å². The van der Waals surface area contributed by atoms with Crippen molar-refractivity contribution < 1.29 is 4.43 Å². The molecule has 0 radical (unpaired) electrons. The Morgan fingerprint density at radius 3 is 2.31 bits per heavy atom. The average Bonchev–Trinajstić information content (AvgIpc) is 2.04. The van der Waals surface area contributed by atoms with Crippen LogP contribution in [0.5, 0.6) is 0 Å². The van der Waals surface area contributed by atoms with Crippen molar-refractivity contribution in [2.45, 2.75) is 70.7 Å². The maximum atomic E-state index is 6.26. The van der Waals surface area contributed by atoms with Gasteiger partial charge >= 0.3 is 0 Å². The Labute approximate surface area is 84.0 Å². The SMILES string of the molecule is CCC[Si](C)(C)OC1CCCCC1. The maximum absolute atomic E-state index is 6.26. The molecule has 1 rings (SSSR count). The van der Waals surface area contributed by atoms with Gasteiger partial charge in [-0.15, -0.1) is 0 Å². The quantitative estimate of drug-likeness (QED) is 0.624. The van der Waals surface area contributed by atoms with Gasteiger partial charge in [0.1, 0.15) is 0 Å². The fourth-order valence-electron chi connectivity index (χ4n) is 2.30. The molecule has 0 bridgehead atoms. The molecular formula is C11H24OSi. The van der Waals surface area contributed by atoms with E-state index in [1.807, 2.05) is 0 Å². The Hall–Kier alpha value is 0.177. The minimum absolute atomic E-state index is 0.613. The van der Waals surface area contributed by atoms with Crippen molar-refractivity contribution in [3.63, 3.8) is 0 Å². The fourth-order valence-corrected chi connectivity index (χ4v) is 4.76. The van der Waals surface area contributed by atoms with Crippen molar-refractivity contribution in [2.75, 3.05) is 0 Å². The molecule has 0 N–H and O–H groups in total. The molecule has 0 aromatic carbocycles. The van der Waals surface area contributed by atoms with E-state index in [0.29, 0.717) is 6.10 Å². The van der Waals surface area contributed by atoms with Crippen molar-refractivity contribution in [2.24, 2.45) is 0 Å². The molecule has 1 aliphatic carbocycles. The largest absolute Gasteiger partial charge is 0.414 e. The molecule has 0 saturated heterocycles. The third kappa shape index (κ3) is 4.27. The van der Waals surface area contributed by atoms with E-state index in [2.05, 4.69) is 20.0 Å². The van der Waals surface area contributed by atoms with Crippen LogP contribution in [-0.2, 0) is 4.43 Å². The lowest BCUT2D eigenvalue weighted by atomic mass is 9.98. The molecule has 78 valence electrons. The molecule has 1 fully saturated rings. The predicted molar refractivity (Wildman–Crippen MR) is 60.5 cm³/mol. The van der Waals surface area contributed by atoms with Gasteiger partial charge in [0.05, 0.1) is 0 Å². The van der Waals surface area contributed by atoms with Crippen LogP contribution in [-0.4, -0.2) is 14.4 Å². The first-order valence-corrected chi connectivity index (χ1v) is 8.93. The highest BCUT2D eigenvalue weighted by atomic mass is 28.4. The maximum Gasteiger partial charge on any atom is 0.187 e. The summed E-state index contributed by atoms with van der Waals surface area (Å²) in [7, 11) is -1.29. The van der Waals surface area contributed by atoms with Crippen molar-refractivity contribution in [3.8, 4) is 0 Å². The Morgan fingerprint density at radius 2 is 1.77 bits per heavy atom. The van der Waals surface area contributed by atoms with Crippen LogP contribution in [0.15, 0.2) is 0 Å². The van der Waals surface area contributed by atoms with Gasteiger partial charge in [-0.05, 0) is 32.0 Å². The summed E-state index contributed by atoms with van der Waals surface area (Å²) in [4.78, 5) is 0. The monoisotopic (exact) mass is 200 g/mol. The van der Waals surface area contributed by atoms with E-state index in [1.165, 1.54) is 44.6 Å². The second kappa shape index (κ2) is 5.16. The Balaban J connectivity index is 2.28. The molecule has 0 atom stereocenters. The summed E-state index contributed by atoms with van der Waals surface area (Å²) in [6.45, 7) is 7.00. The van der Waals surface area contributed by atoms with Crippen LogP contribution in [0.4, 0.5) is 0 Å². The van der Waals surface area contributed by atoms with Gasteiger partial charge in [-0.2, -0.15) is 0 Å². The van der Waals surface area contributed by atoms with Crippen LogP contribution in [0, 0.1) is 0 Å². The van der Waals surface area contributed by atoms with Crippen LogP contribution in [0.3, 0.4) is 0 Å². The summed E-state index contributed by atoms with van der Waals surface area (Å²) in [6.07, 6.45) is 8.74. The summed E-state index contributed by atoms with van der Waals surface area (Å²) in [6, 6.07) is 1.32. The highest BCUT2D eigenvalue weighted by molar-refractivity contribution is 6.71. The molecule has 1 nitrogen and oxygen atoms in total. The first kappa shape index (κ1) is 11.3. The topological polar surface area (TPSA) is 9.23 Å². The van der Waals surface area contributed by atoms with Crippen molar-refractivity contribution in [1.29, 1.82) is 0 Å². The Morgan fingerprint density at radius 1 is 1.15 bits per heavy atom. The fraction of sp³-hybridized carbons (Fsp3) is 1.00. The van der Waals surface area contributed by atoms with E-state index in [4.69, 9.17) is 4.43 Å². The zero-order valence-corrected chi connectivity index (χ0v) is 10.4. The third-order valence-electron chi connectivity index (χ3n) is 2.89. The second-order valence-electron chi connectivity index (χ2n) is 4.89. The molecule has 0 unspecified atom stereocenters. The molecule has 2 heteroatoms. The lowest BCUT2D eigenvalue weighted by Gasteiger charge is -2.31. The Bertz CT molecular complexity index is 139. The average molecular weight is 200 g/mol. The highest BCUT2D eigenvalue weighted by Gasteiger charge is 2.26. The summed E-state index contributed by atoms with van der Waals surface area (Å²) in [5, 5.41) is 0. The minimum atomic E-state index is -1.29. The van der Waals surface area contributed by atoms with Gasteiger partial charge in [0.25, 0.3) is 0 Å². The van der Waals surface area contributed by atoms with Crippen LogP contribution < -0.4 is 0 Å². The van der Waals surface area contributed by atoms with E-state index in [-0.39, 0.29) is 0 Å². The number of rotatable bonds is 4. The lowest BCUT2D eigenvalue weighted by molar-refractivity contribution is 0.145. The molecule has 1 aliphatic rings. The molecule has 13 heavy (non-hydrogen) atoms. The summed E-state index contributed by atoms with van der Waals surface area (Å²) in [5.41, 5.74) is 0. The Kier molecular flexibility index (Phi) is 4.46. The summed E-state index contributed by atoms with van der Waals surface area (Å²) < 4.78 is 6.26. The molecule has 0 aliphatic heterocycles. The first-order chi connectivity index (χ1) is 6.14. The molecular weight excluding hydrogens is 176 g/mol. The van der Waals surface area contributed by atoms with E-state index in [9.17, 15) is 0 Å². The van der Waals surface area contributed by atoms with Crippen molar-refractivity contribution in [3.05, 3.63) is 0 Å². The minimum Gasteiger partial charge on any atom is -0.414 e. The molecule has 0 heterocycles. The van der Waals surface area contributed by atoms with Gasteiger partial charge in [0, 0.05) is 6.10 Å². The van der Waals surface area contributed by atoms with Gasteiger partial charge < -0.3 is 4.43 Å². The summed E-state index contributed by atoms with van der Waals surface area (Å²) >= 11 is 0. The van der Waals surface area contributed by atoms with Crippen molar-refractivity contribution >= 4 is 8.32 Å². The van der Waals surface area contributed by atoms with Crippen molar-refractivity contribution in [1.82, 2.24) is 0 Å². The summed E-state index contributed by atoms with van der Waals surface area (Å²) in [5.74, 6) is 0. The number of hydrogen-bond donors (Lipinski definition) is 0. The van der Waals surface area contributed by atoms with Gasteiger partial charge in [0.15, 0.2) is 8.32 Å². The van der Waals surface area contributed by atoms with E-state index >= 15 is 0 Å². The standard InChI is InChI=1S/C11H24OSi/c1-4-10-13(2,3)12-11-8-6-5-7-9-11/h11H,4-10H2,1-3H3. The van der Waals surface area contributed by atoms with Crippen LogP contribution in [0.25, 0.3) is 0 Å². The van der Waals surface area contributed by atoms with Crippen LogP contribution in [0.1, 0.15) is 45.4 Å². The molecule has 1 saturated carbocycles. The van der Waals surface area contributed by atoms with E-state index in [0.717, 1.165) is 0 Å². The highest BCUT2D eigenvalue weighted by Crippen LogP contribution is 2.25. The van der Waals surface area contributed by atoms with Gasteiger partial charge in [-0.1, -0.05) is 32.6 Å². The number of hydrogen-bond acceptors (Lipinski definition) is 1. The zero-order chi connectivity index (χ0) is 9.73. The molecule has 0 amide bonds. The van der Waals surface area contributed by atoms with Crippen LogP contribution >= 0.6 is 0 Å². The van der Waals surface area contributed by atoms with Gasteiger partial charge in [-0.25, -0.2) is 0 Å². The molecule has 0 aromatic heterocycles. The van der Waals surface area contributed by atoms with Gasteiger partial charge in [0.2, 0.25) is 0 Å². The van der Waals surface area contributed by atoms with E-state index < -0.39 is 8.32 Å². The predicted octanol–water partition coefficient (Wildman–Crippen LogP) is 3.95. The first-order valence-electron chi connectivity index (χ1n) is 5.82. The second-order valence-corrected chi connectivity index (χ2v) is 9.14. The normalized spacial score (nSPS) is 20.5. The zero-order valence-electron chi connectivity index (χ0n) is 9.44. The smallest absolute Gasteiger partial charge is 0.187 e. The molecule has 0 spiro atoms. The molecule has 0 aromatic rings. The van der Waals surface area contributed by atoms with Crippen LogP contribution in [0.2, 0.25) is 19.1 Å². The van der Waals surface area contributed by atoms with E-state index in [1.54, 1.807) is 0 Å². The third-order valence-corrected chi connectivity index (χ3v) is 5.57. The lowest BCUT2D eigenvalue weighted by Crippen LogP contribution is -2.36.